The molecule has 0 heterocycles. The molecule has 1 rings (SSSR count). The van der Waals surface area contributed by atoms with Gasteiger partial charge < -0.3 is 10.4 Å². The lowest BCUT2D eigenvalue weighted by atomic mass is 10.1. The maximum atomic E-state index is 12.9. The molecule has 5 heteroatoms. The molecule has 0 radical (unpaired) electrons. The highest BCUT2D eigenvalue weighted by molar-refractivity contribution is 5.92. The molecule has 0 atom stereocenters. The van der Waals surface area contributed by atoms with E-state index in [2.05, 4.69) is 11.9 Å². The first kappa shape index (κ1) is 14.3. The van der Waals surface area contributed by atoms with Crippen LogP contribution in [-0.2, 0) is 11.3 Å². The maximum Gasteiger partial charge on any atom is 0.246 e. The van der Waals surface area contributed by atoms with E-state index >= 15 is 0 Å². The lowest BCUT2D eigenvalue weighted by Gasteiger charge is -2.07. The minimum Gasteiger partial charge on any atom is -0.396 e. The van der Waals surface area contributed by atoms with Crippen LogP contribution in [0.4, 0.5) is 8.78 Å². The van der Waals surface area contributed by atoms with Gasteiger partial charge in [0.1, 0.15) is 11.6 Å². The van der Waals surface area contributed by atoms with E-state index in [0.717, 1.165) is 18.2 Å². The van der Waals surface area contributed by atoms with Gasteiger partial charge in [0, 0.05) is 24.8 Å². The highest BCUT2D eigenvalue weighted by Crippen LogP contribution is 2.08. The van der Waals surface area contributed by atoms with E-state index in [4.69, 9.17) is 5.11 Å². The number of rotatable bonds is 6. The van der Waals surface area contributed by atoms with Gasteiger partial charge in [-0.1, -0.05) is 6.58 Å². The number of halogens is 2. The number of aliphatic hydroxyl groups is 1. The molecule has 0 saturated carbocycles. The summed E-state index contributed by atoms with van der Waals surface area (Å²) in [4.78, 5) is 11.5. The van der Waals surface area contributed by atoms with Crippen molar-refractivity contribution in [2.75, 3.05) is 6.61 Å². The number of carbonyl (C=O) groups is 1. The Morgan fingerprint density at radius 2 is 1.89 bits per heavy atom. The van der Waals surface area contributed by atoms with Gasteiger partial charge in [0.05, 0.1) is 0 Å². The zero-order valence-electron chi connectivity index (χ0n) is 9.88. The molecule has 1 aromatic carbocycles. The van der Waals surface area contributed by atoms with E-state index in [1.807, 2.05) is 0 Å². The first-order valence-electron chi connectivity index (χ1n) is 5.54. The molecule has 1 amide bonds. The van der Waals surface area contributed by atoms with Crippen LogP contribution in [0.25, 0.3) is 0 Å². The Balaban J connectivity index is 2.49. The van der Waals surface area contributed by atoms with Gasteiger partial charge in [-0.05, 0) is 30.5 Å². The average molecular weight is 255 g/mol. The first-order valence-corrected chi connectivity index (χ1v) is 5.54. The van der Waals surface area contributed by atoms with Crippen LogP contribution in [0.15, 0.2) is 30.4 Å². The number of aliphatic hydroxyl groups excluding tert-OH is 1. The minimum atomic E-state index is -0.682. The van der Waals surface area contributed by atoms with Gasteiger partial charge >= 0.3 is 0 Å². The van der Waals surface area contributed by atoms with Crippen molar-refractivity contribution in [2.24, 2.45) is 0 Å². The Hall–Kier alpha value is -1.75. The summed E-state index contributed by atoms with van der Waals surface area (Å²) in [5.74, 6) is -1.75. The van der Waals surface area contributed by atoms with Crippen molar-refractivity contribution in [2.45, 2.75) is 19.4 Å². The van der Waals surface area contributed by atoms with Gasteiger partial charge in [-0.25, -0.2) is 8.78 Å². The molecule has 18 heavy (non-hydrogen) atoms. The smallest absolute Gasteiger partial charge is 0.246 e. The van der Waals surface area contributed by atoms with E-state index in [0.29, 0.717) is 24.0 Å². The van der Waals surface area contributed by atoms with Crippen molar-refractivity contribution < 1.29 is 18.7 Å². The fourth-order valence-electron chi connectivity index (χ4n) is 1.43. The number of hydrogen-bond donors (Lipinski definition) is 2. The standard InChI is InChI=1S/C13H15F2NO2/c1-9(3-2-4-17)13(18)16-8-10-5-11(14)7-12(15)6-10/h5-7,17H,1-4,8H2,(H,16,18). The molecule has 2 N–H and O–H groups in total. The number of benzene rings is 1. The summed E-state index contributed by atoms with van der Waals surface area (Å²) < 4.78 is 25.8. The molecule has 0 aliphatic carbocycles. The second-order valence-corrected chi connectivity index (χ2v) is 3.89. The second kappa shape index (κ2) is 6.86. The van der Waals surface area contributed by atoms with Crippen LogP contribution in [0.3, 0.4) is 0 Å². The fraction of sp³-hybridized carbons (Fsp3) is 0.308. The van der Waals surface area contributed by atoms with Crippen LogP contribution in [0, 0.1) is 11.6 Å². The molecule has 0 aromatic heterocycles. The van der Waals surface area contributed by atoms with Gasteiger partial charge in [0.2, 0.25) is 5.91 Å². The summed E-state index contributed by atoms with van der Waals surface area (Å²) in [6.07, 6.45) is 0.848. The number of hydrogen-bond acceptors (Lipinski definition) is 2. The van der Waals surface area contributed by atoms with Crippen molar-refractivity contribution in [3.8, 4) is 0 Å². The third kappa shape index (κ3) is 4.63. The van der Waals surface area contributed by atoms with E-state index in [9.17, 15) is 13.6 Å². The third-order valence-corrected chi connectivity index (χ3v) is 2.33. The van der Waals surface area contributed by atoms with Gasteiger partial charge in [-0.2, -0.15) is 0 Å². The summed E-state index contributed by atoms with van der Waals surface area (Å²) in [5.41, 5.74) is 0.678. The highest BCUT2D eigenvalue weighted by Gasteiger charge is 2.07. The monoisotopic (exact) mass is 255 g/mol. The SMILES string of the molecule is C=C(CCCO)C(=O)NCc1cc(F)cc(F)c1. The zero-order valence-corrected chi connectivity index (χ0v) is 9.88. The van der Waals surface area contributed by atoms with Crippen molar-refractivity contribution in [3.05, 3.63) is 47.5 Å². The molecular formula is C13H15F2NO2. The van der Waals surface area contributed by atoms with Crippen LogP contribution in [0.5, 0.6) is 0 Å². The molecule has 0 aliphatic rings. The minimum absolute atomic E-state index is 0.0125. The predicted molar refractivity (Wildman–Crippen MR) is 63.7 cm³/mol. The average Bonchev–Trinajstić information content (AvgIpc) is 2.31. The molecule has 0 unspecified atom stereocenters. The van der Waals surface area contributed by atoms with Gasteiger partial charge in [-0.3, -0.25) is 4.79 Å². The summed E-state index contributed by atoms with van der Waals surface area (Å²) in [5, 5.41) is 11.1. The Kier molecular flexibility index (Phi) is 5.45. The molecule has 3 nitrogen and oxygen atoms in total. The molecular weight excluding hydrogens is 240 g/mol. The highest BCUT2D eigenvalue weighted by atomic mass is 19.1. The van der Waals surface area contributed by atoms with Crippen molar-refractivity contribution in [3.63, 3.8) is 0 Å². The predicted octanol–water partition coefficient (Wildman–Crippen LogP) is 1.91. The van der Waals surface area contributed by atoms with Crippen molar-refractivity contribution >= 4 is 5.91 Å². The number of amides is 1. The normalized spacial score (nSPS) is 10.2. The summed E-state index contributed by atoms with van der Waals surface area (Å²) in [6.45, 7) is 3.59. The Labute approximate surface area is 104 Å². The topological polar surface area (TPSA) is 49.3 Å². The Morgan fingerprint density at radius 1 is 1.28 bits per heavy atom. The number of nitrogens with one attached hydrogen (secondary N) is 1. The molecule has 1 aromatic rings. The molecule has 0 aliphatic heterocycles. The summed E-state index contributed by atoms with van der Waals surface area (Å²) >= 11 is 0. The quantitative estimate of drug-likeness (QED) is 0.763. The van der Waals surface area contributed by atoms with Crippen LogP contribution in [-0.4, -0.2) is 17.6 Å². The van der Waals surface area contributed by atoms with Gasteiger partial charge in [0.25, 0.3) is 0 Å². The van der Waals surface area contributed by atoms with E-state index < -0.39 is 11.6 Å². The lowest BCUT2D eigenvalue weighted by molar-refractivity contribution is -0.117. The fourth-order valence-corrected chi connectivity index (χ4v) is 1.43. The molecule has 0 spiro atoms. The van der Waals surface area contributed by atoms with E-state index in [1.165, 1.54) is 0 Å². The van der Waals surface area contributed by atoms with E-state index in [1.54, 1.807) is 0 Å². The second-order valence-electron chi connectivity index (χ2n) is 3.89. The van der Waals surface area contributed by atoms with Crippen LogP contribution < -0.4 is 5.32 Å². The first-order chi connectivity index (χ1) is 8.52. The van der Waals surface area contributed by atoms with Crippen molar-refractivity contribution in [1.29, 1.82) is 0 Å². The van der Waals surface area contributed by atoms with Crippen LogP contribution in [0.2, 0.25) is 0 Å². The molecule has 0 saturated heterocycles. The zero-order chi connectivity index (χ0) is 13.5. The summed E-state index contributed by atoms with van der Waals surface area (Å²) in [7, 11) is 0. The molecule has 0 bridgehead atoms. The molecule has 0 fully saturated rings. The maximum absolute atomic E-state index is 12.9. The van der Waals surface area contributed by atoms with Crippen LogP contribution in [0.1, 0.15) is 18.4 Å². The summed E-state index contributed by atoms with van der Waals surface area (Å²) in [6, 6.07) is 3.07. The lowest BCUT2D eigenvalue weighted by Crippen LogP contribution is -2.24. The largest absolute Gasteiger partial charge is 0.396 e. The Bertz CT molecular complexity index is 426. The van der Waals surface area contributed by atoms with Crippen LogP contribution >= 0.6 is 0 Å². The van der Waals surface area contributed by atoms with Gasteiger partial charge in [-0.15, -0.1) is 0 Å². The van der Waals surface area contributed by atoms with E-state index in [-0.39, 0.29) is 19.1 Å². The Morgan fingerprint density at radius 3 is 2.44 bits per heavy atom. The third-order valence-electron chi connectivity index (χ3n) is 2.33. The van der Waals surface area contributed by atoms with Crippen molar-refractivity contribution in [1.82, 2.24) is 5.32 Å². The van der Waals surface area contributed by atoms with Gasteiger partial charge in [0.15, 0.2) is 0 Å². The molecule has 98 valence electrons. The number of carbonyl (C=O) groups excluding carboxylic acids is 1.